The lowest BCUT2D eigenvalue weighted by atomic mass is 10.2. The summed E-state index contributed by atoms with van der Waals surface area (Å²) in [5.74, 6) is -1.14. The Bertz CT molecular complexity index is 283. The number of carboxylic acid groups (broad SMARTS) is 1. The SMILES string of the molecule is NCC(O)c1cc(C(=O)O)no1. The van der Waals surface area contributed by atoms with Gasteiger partial charge in [0.25, 0.3) is 0 Å². The van der Waals surface area contributed by atoms with E-state index >= 15 is 0 Å². The fourth-order valence-electron chi connectivity index (χ4n) is 0.663. The number of rotatable bonds is 3. The minimum atomic E-state index is -1.20. The van der Waals surface area contributed by atoms with Gasteiger partial charge in [-0.3, -0.25) is 0 Å². The summed E-state index contributed by atoms with van der Waals surface area (Å²) in [7, 11) is 0. The molecule has 1 unspecified atom stereocenters. The first-order valence-electron chi connectivity index (χ1n) is 3.23. The van der Waals surface area contributed by atoms with Crippen LogP contribution in [0.5, 0.6) is 0 Å². The Morgan fingerprint density at radius 2 is 2.50 bits per heavy atom. The normalized spacial score (nSPS) is 12.8. The predicted molar refractivity (Wildman–Crippen MR) is 37.5 cm³/mol. The molecule has 0 saturated heterocycles. The number of hydrogen-bond acceptors (Lipinski definition) is 5. The highest BCUT2D eigenvalue weighted by Crippen LogP contribution is 2.12. The molecular formula is C6H8N2O4. The van der Waals surface area contributed by atoms with Crippen LogP contribution in [0, 0.1) is 0 Å². The minimum Gasteiger partial charge on any atom is -0.476 e. The van der Waals surface area contributed by atoms with E-state index in [1.54, 1.807) is 0 Å². The van der Waals surface area contributed by atoms with Gasteiger partial charge in [0.2, 0.25) is 0 Å². The Labute approximate surface area is 67.6 Å². The van der Waals surface area contributed by atoms with Gasteiger partial charge in [-0.15, -0.1) is 0 Å². The highest BCUT2D eigenvalue weighted by molar-refractivity contribution is 5.85. The van der Waals surface area contributed by atoms with Crippen LogP contribution >= 0.6 is 0 Å². The molecule has 0 radical (unpaired) electrons. The average molecular weight is 172 g/mol. The number of nitrogens with two attached hydrogens (primary N) is 1. The van der Waals surface area contributed by atoms with Crippen molar-refractivity contribution in [1.29, 1.82) is 0 Å². The zero-order valence-electron chi connectivity index (χ0n) is 6.10. The Kier molecular flexibility index (Phi) is 2.41. The van der Waals surface area contributed by atoms with Gasteiger partial charge in [-0.1, -0.05) is 5.16 Å². The molecule has 1 heterocycles. The summed E-state index contributed by atoms with van der Waals surface area (Å²) in [6.07, 6.45) is -0.995. The molecule has 0 spiro atoms. The lowest BCUT2D eigenvalue weighted by Crippen LogP contribution is -2.10. The molecule has 12 heavy (non-hydrogen) atoms. The predicted octanol–water partition coefficient (Wildman–Crippen LogP) is -0.635. The Hall–Kier alpha value is -1.40. The fraction of sp³-hybridized carbons (Fsp3) is 0.333. The van der Waals surface area contributed by atoms with E-state index in [0.717, 1.165) is 6.07 Å². The average Bonchev–Trinajstić information content (AvgIpc) is 2.51. The monoisotopic (exact) mass is 172 g/mol. The van der Waals surface area contributed by atoms with E-state index in [9.17, 15) is 4.79 Å². The summed E-state index contributed by atoms with van der Waals surface area (Å²) < 4.78 is 4.52. The highest BCUT2D eigenvalue weighted by Gasteiger charge is 2.15. The maximum absolute atomic E-state index is 10.3. The standard InChI is InChI=1S/C6H8N2O4/c7-2-4(9)5-1-3(6(10)11)8-12-5/h1,4,9H,2,7H2,(H,10,11). The largest absolute Gasteiger partial charge is 0.476 e. The second-order valence-corrected chi connectivity index (χ2v) is 2.17. The first kappa shape index (κ1) is 8.69. The summed E-state index contributed by atoms with van der Waals surface area (Å²) in [6, 6.07) is 1.14. The summed E-state index contributed by atoms with van der Waals surface area (Å²) in [4.78, 5) is 10.3. The molecule has 0 aliphatic heterocycles. The Balaban J connectivity index is 2.84. The Morgan fingerprint density at radius 1 is 1.83 bits per heavy atom. The molecule has 1 rings (SSSR count). The van der Waals surface area contributed by atoms with Gasteiger partial charge in [0.05, 0.1) is 0 Å². The van der Waals surface area contributed by atoms with Crippen LogP contribution in [0.2, 0.25) is 0 Å². The third kappa shape index (κ3) is 1.60. The molecule has 0 aliphatic carbocycles. The van der Waals surface area contributed by atoms with Crippen LogP contribution < -0.4 is 5.73 Å². The molecule has 0 aliphatic rings. The van der Waals surface area contributed by atoms with E-state index in [1.165, 1.54) is 0 Å². The van der Waals surface area contributed by atoms with Gasteiger partial charge in [-0.2, -0.15) is 0 Å². The topological polar surface area (TPSA) is 110 Å². The number of aromatic carboxylic acids is 1. The molecule has 4 N–H and O–H groups in total. The third-order valence-corrected chi connectivity index (χ3v) is 1.30. The van der Waals surface area contributed by atoms with Crippen LogP contribution in [0.15, 0.2) is 10.6 Å². The summed E-state index contributed by atoms with van der Waals surface area (Å²) in [6.45, 7) is -0.0335. The lowest BCUT2D eigenvalue weighted by molar-refractivity contribution is 0.0684. The van der Waals surface area contributed by atoms with Crippen LogP contribution in [-0.4, -0.2) is 27.9 Å². The number of carbonyl (C=O) groups is 1. The van der Waals surface area contributed by atoms with Crippen molar-refractivity contribution in [2.75, 3.05) is 6.54 Å². The molecule has 0 aromatic carbocycles. The van der Waals surface area contributed by atoms with Gasteiger partial charge >= 0.3 is 5.97 Å². The fourth-order valence-corrected chi connectivity index (χ4v) is 0.663. The molecule has 0 amide bonds. The smallest absolute Gasteiger partial charge is 0.358 e. The van der Waals surface area contributed by atoms with Crippen LogP contribution in [0.1, 0.15) is 22.4 Å². The van der Waals surface area contributed by atoms with Gasteiger partial charge in [-0.05, 0) is 0 Å². The van der Waals surface area contributed by atoms with Crippen molar-refractivity contribution in [2.24, 2.45) is 5.73 Å². The molecule has 1 aromatic heterocycles. The second-order valence-electron chi connectivity index (χ2n) is 2.17. The maximum atomic E-state index is 10.3. The second kappa shape index (κ2) is 3.33. The molecule has 0 saturated carbocycles. The van der Waals surface area contributed by atoms with Crippen molar-refractivity contribution in [3.05, 3.63) is 17.5 Å². The van der Waals surface area contributed by atoms with Crippen LogP contribution in [0.4, 0.5) is 0 Å². The van der Waals surface area contributed by atoms with Gasteiger partial charge in [-0.25, -0.2) is 4.79 Å². The molecule has 1 atom stereocenters. The maximum Gasteiger partial charge on any atom is 0.358 e. The number of nitrogens with zero attached hydrogens (tertiary/aromatic N) is 1. The summed E-state index contributed by atoms with van der Waals surface area (Å²) in [5.41, 5.74) is 4.87. The molecule has 0 fully saturated rings. The van der Waals surface area contributed by atoms with Crippen molar-refractivity contribution in [3.8, 4) is 0 Å². The zero-order valence-corrected chi connectivity index (χ0v) is 6.10. The number of hydrogen-bond donors (Lipinski definition) is 3. The highest BCUT2D eigenvalue weighted by atomic mass is 16.5. The lowest BCUT2D eigenvalue weighted by Gasteiger charge is -1.99. The number of carboxylic acids is 1. The van der Waals surface area contributed by atoms with E-state index in [-0.39, 0.29) is 18.0 Å². The third-order valence-electron chi connectivity index (χ3n) is 1.30. The van der Waals surface area contributed by atoms with E-state index in [0.29, 0.717) is 0 Å². The number of aliphatic hydroxyl groups excluding tert-OH is 1. The van der Waals surface area contributed by atoms with Gasteiger partial charge in [0.1, 0.15) is 6.10 Å². The first-order chi connectivity index (χ1) is 5.65. The van der Waals surface area contributed by atoms with Crippen molar-refractivity contribution >= 4 is 5.97 Å². The molecular weight excluding hydrogens is 164 g/mol. The molecule has 1 aromatic rings. The minimum absolute atomic E-state index is 0.0335. The van der Waals surface area contributed by atoms with E-state index in [4.69, 9.17) is 15.9 Å². The Morgan fingerprint density at radius 3 is 2.92 bits per heavy atom. The van der Waals surface area contributed by atoms with Crippen LogP contribution in [0.3, 0.4) is 0 Å². The van der Waals surface area contributed by atoms with Gasteiger partial charge < -0.3 is 20.5 Å². The molecule has 66 valence electrons. The van der Waals surface area contributed by atoms with Crippen LogP contribution in [0.25, 0.3) is 0 Å². The summed E-state index contributed by atoms with van der Waals surface area (Å²) >= 11 is 0. The first-order valence-corrected chi connectivity index (χ1v) is 3.23. The van der Waals surface area contributed by atoms with Gasteiger partial charge in [0, 0.05) is 12.6 Å². The van der Waals surface area contributed by atoms with E-state index in [2.05, 4.69) is 9.68 Å². The summed E-state index contributed by atoms with van der Waals surface area (Å²) in [5, 5.41) is 20.7. The van der Waals surface area contributed by atoms with Crippen molar-refractivity contribution in [2.45, 2.75) is 6.10 Å². The number of aliphatic hydroxyl groups is 1. The molecule has 6 heteroatoms. The number of aromatic nitrogens is 1. The molecule has 6 nitrogen and oxygen atoms in total. The van der Waals surface area contributed by atoms with Crippen molar-refractivity contribution in [3.63, 3.8) is 0 Å². The quantitative estimate of drug-likeness (QED) is 0.559. The zero-order chi connectivity index (χ0) is 9.14. The van der Waals surface area contributed by atoms with Crippen molar-refractivity contribution < 1.29 is 19.5 Å². The molecule has 0 bridgehead atoms. The van der Waals surface area contributed by atoms with Crippen molar-refractivity contribution in [1.82, 2.24) is 5.16 Å². The van der Waals surface area contributed by atoms with Crippen LogP contribution in [-0.2, 0) is 0 Å². The van der Waals surface area contributed by atoms with E-state index < -0.39 is 12.1 Å². The van der Waals surface area contributed by atoms with E-state index in [1.807, 2.05) is 0 Å². The van der Waals surface area contributed by atoms with Gasteiger partial charge in [0.15, 0.2) is 11.5 Å².